The van der Waals surface area contributed by atoms with Crippen LogP contribution in [-0.2, 0) is 4.79 Å². The van der Waals surface area contributed by atoms with Gasteiger partial charge in [0.05, 0.1) is 5.88 Å². The Balaban J connectivity index is 2.93. The zero-order valence-electron chi connectivity index (χ0n) is 4.46. The highest BCUT2D eigenvalue weighted by atomic mass is 32.2. The van der Waals surface area contributed by atoms with Crippen molar-refractivity contribution in [3.8, 4) is 0 Å². The number of aliphatic imine (C=N–C) groups is 1. The van der Waals surface area contributed by atoms with Crippen LogP contribution in [0.4, 0.5) is 0 Å². The van der Waals surface area contributed by atoms with Crippen molar-refractivity contribution in [1.29, 1.82) is 0 Å². The highest BCUT2D eigenvalue weighted by Crippen LogP contribution is 1.97. The van der Waals surface area contributed by atoms with Crippen molar-refractivity contribution in [3.05, 3.63) is 12.7 Å². The Labute approximate surface area is 52.7 Å². The van der Waals surface area contributed by atoms with E-state index in [-0.39, 0.29) is 0 Å². The number of carbonyl (C=O) groups excluding carboxylic acids is 1. The van der Waals surface area contributed by atoms with Crippen LogP contribution in [0.25, 0.3) is 0 Å². The number of isocyanates is 1. The lowest BCUT2D eigenvalue weighted by atomic mass is 10.8. The molecule has 0 spiro atoms. The molecule has 0 fully saturated rings. The second-order valence-corrected chi connectivity index (χ2v) is 2.04. The highest BCUT2D eigenvalue weighted by Gasteiger charge is 1.76. The normalized spacial score (nSPS) is 7.50. The average molecular weight is 129 g/mol. The van der Waals surface area contributed by atoms with Gasteiger partial charge in [0, 0.05) is 5.75 Å². The Morgan fingerprint density at radius 1 is 1.88 bits per heavy atom. The van der Waals surface area contributed by atoms with E-state index in [0.717, 1.165) is 5.75 Å². The molecule has 0 aromatic carbocycles. The molecule has 0 aliphatic heterocycles. The summed E-state index contributed by atoms with van der Waals surface area (Å²) in [6, 6.07) is 0. The van der Waals surface area contributed by atoms with E-state index in [4.69, 9.17) is 0 Å². The Morgan fingerprint density at radius 2 is 2.62 bits per heavy atom. The van der Waals surface area contributed by atoms with E-state index < -0.39 is 0 Å². The van der Waals surface area contributed by atoms with E-state index in [1.807, 2.05) is 0 Å². The third kappa shape index (κ3) is 5.47. The van der Waals surface area contributed by atoms with Gasteiger partial charge in [0.25, 0.3) is 0 Å². The summed E-state index contributed by atoms with van der Waals surface area (Å²) in [6.45, 7) is 3.50. The second kappa shape index (κ2) is 6.47. The molecule has 0 unspecified atom stereocenters. The van der Waals surface area contributed by atoms with Crippen molar-refractivity contribution in [1.82, 2.24) is 0 Å². The van der Waals surface area contributed by atoms with Crippen LogP contribution >= 0.6 is 11.8 Å². The molecule has 0 rings (SSSR count). The molecule has 0 N–H and O–H groups in total. The van der Waals surface area contributed by atoms with E-state index in [2.05, 4.69) is 11.6 Å². The first-order valence-corrected chi connectivity index (χ1v) is 3.29. The number of rotatable bonds is 4. The molecule has 2 nitrogen and oxygen atoms in total. The molecule has 0 aliphatic rings. The smallest absolute Gasteiger partial charge is 0.211 e. The summed E-state index contributed by atoms with van der Waals surface area (Å²) in [5.74, 6) is 1.33. The molecule has 0 aromatic rings. The topological polar surface area (TPSA) is 29.4 Å². The Kier molecular flexibility index (Phi) is 6.04. The Hall–Kier alpha value is -0.530. The Bertz CT molecular complexity index is 107. The highest BCUT2D eigenvalue weighted by molar-refractivity contribution is 7.99. The first-order valence-electron chi connectivity index (χ1n) is 2.14. The molecule has 0 saturated carbocycles. The van der Waals surface area contributed by atoms with Crippen LogP contribution in [0.3, 0.4) is 0 Å². The summed E-state index contributed by atoms with van der Waals surface area (Å²) in [5.41, 5.74) is 0. The molecule has 0 saturated heterocycles. The molecular weight excluding hydrogens is 122 g/mol. The van der Waals surface area contributed by atoms with E-state index in [0.29, 0.717) is 5.88 Å². The van der Waals surface area contributed by atoms with Gasteiger partial charge in [-0.05, 0) is 0 Å². The van der Waals surface area contributed by atoms with Gasteiger partial charge in [-0.25, -0.2) is 4.79 Å². The number of nitrogens with zero attached hydrogens (tertiary/aromatic N) is 1. The van der Waals surface area contributed by atoms with Gasteiger partial charge in [-0.1, -0.05) is 6.08 Å². The molecule has 0 atom stereocenters. The molecule has 0 aliphatic carbocycles. The van der Waals surface area contributed by atoms with Crippen LogP contribution in [0.1, 0.15) is 0 Å². The molecule has 0 bridgehead atoms. The van der Waals surface area contributed by atoms with Gasteiger partial charge in [0.1, 0.15) is 0 Å². The van der Waals surface area contributed by atoms with Crippen LogP contribution in [-0.4, -0.2) is 17.7 Å². The molecule has 0 heterocycles. The quantitative estimate of drug-likeness (QED) is 0.247. The zero-order valence-corrected chi connectivity index (χ0v) is 5.28. The summed E-state index contributed by atoms with van der Waals surface area (Å²) in [4.78, 5) is 12.8. The van der Waals surface area contributed by atoms with Crippen molar-refractivity contribution < 1.29 is 4.79 Å². The molecule has 0 radical (unpaired) electrons. The fourth-order valence-corrected chi connectivity index (χ4v) is 0.624. The van der Waals surface area contributed by atoms with Gasteiger partial charge in [0.2, 0.25) is 6.08 Å². The fourth-order valence-electron chi connectivity index (χ4n) is 0.208. The first kappa shape index (κ1) is 7.47. The van der Waals surface area contributed by atoms with Crippen molar-refractivity contribution in [3.63, 3.8) is 0 Å². The maximum absolute atomic E-state index is 9.44. The maximum atomic E-state index is 9.44. The summed E-state index contributed by atoms with van der Waals surface area (Å²) < 4.78 is 0. The largest absolute Gasteiger partial charge is 0.235 e. The van der Waals surface area contributed by atoms with Crippen LogP contribution < -0.4 is 0 Å². The van der Waals surface area contributed by atoms with Crippen LogP contribution in [0.15, 0.2) is 17.6 Å². The monoisotopic (exact) mass is 129 g/mol. The van der Waals surface area contributed by atoms with Crippen LogP contribution in [0.2, 0.25) is 0 Å². The predicted molar refractivity (Wildman–Crippen MR) is 35.6 cm³/mol. The van der Waals surface area contributed by atoms with Crippen LogP contribution in [0, 0.1) is 0 Å². The lowest BCUT2D eigenvalue weighted by Gasteiger charge is -1.83. The van der Waals surface area contributed by atoms with Crippen LogP contribution in [0.5, 0.6) is 0 Å². The Morgan fingerprint density at radius 3 is 3.12 bits per heavy atom. The average Bonchev–Trinajstić information content (AvgIpc) is 1.81. The van der Waals surface area contributed by atoms with E-state index in [1.54, 1.807) is 6.08 Å². The van der Waals surface area contributed by atoms with Gasteiger partial charge in [-0.15, -0.1) is 18.3 Å². The van der Waals surface area contributed by atoms with Crippen molar-refractivity contribution in [2.24, 2.45) is 4.99 Å². The minimum atomic E-state index is 0.496. The SMILES string of the molecule is C=CCSCN=C=O. The number of hydrogen-bond donors (Lipinski definition) is 0. The third-order valence-corrected chi connectivity index (χ3v) is 1.24. The first-order chi connectivity index (χ1) is 3.91. The minimum absolute atomic E-state index is 0.496. The molecule has 8 heavy (non-hydrogen) atoms. The summed E-state index contributed by atoms with van der Waals surface area (Å²) >= 11 is 1.53. The predicted octanol–water partition coefficient (Wildman–Crippen LogP) is 1.20. The van der Waals surface area contributed by atoms with Crippen molar-refractivity contribution in [2.45, 2.75) is 0 Å². The van der Waals surface area contributed by atoms with E-state index in [1.165, 1.54) is 17.8 Å². The van der Waals surface area contributed by atoms with Gasteiger partial charge in [0.15, 0.2) is 0 Å². The van der Waals surface area contributed by atoms with E-state index >= 15 is 0 Å². The number of hydrogen-bond acceptors (Lipinski definition) is 3. The van der Waals surface area contributed by atoms with Gasteiger partial charge in [-0.2, -0.15) is 4.99 Å². The van der Waals surface area contributed by atoms with Gasteiger partial charge < -0.3 is 0 Å². The molecular formula is C5H7NOS. The van der Waals surface area contributed by atoms with Gasteiger partial charge in [-0.3, -0.25) is 0 Å². The third-order valence-electron chi connectivity index (χ3n) is 0.456. The minimum Gasteiger partial charge on any atom is -0.211 e. The van der Waals surface area contributed by atoms with Gasteiger partial charge >= 0.3 is 0 Å². The lowest BCUT2D eigenvalue weighted by Crippen LogP contribution is -1.71. The van der Waals surface area contributed by atoms with Crippen molar-refractivity contribution in [2.75, 3.05) is 11.6 Å². The lowest BCUT2D eigenvalue weighted by molar-refractivity contribution is 0.564. The standard InChI is InChI=1S/C5H7NOS/c1-2-3-8-5-6-4-7/h2H,1,3,5H2. The summed E-state index contributed by atoms with van der Waals surface area (Å²) in [5, 5.41) is 0. The fraction of sp³-hybridized carbons (Fsp3) is 0.400. The molecule has 3 heteroatoms. The number of thioether (sulfide) groups is 1. The molecule has 0 aromatic heterocycles. The summed E-state index contributed by atoms with van der Waals surface area (Å²) in [7, 11) is 0. The second-order valence-electron chi connectivity index (χ2n) is 1.04. The summed E-state index contributed by atoms with van der Waals surface area (Å²) in [6.07, 6.45) is 3.22. The maximum Gasteiger partial charge on any atom is 0.235 e. The molecule has 0 amide bonds. The van der Waals surface area contributed by atoms with Crippen molar-refractivity contribution >= 4 is 17.8 Å². The van der Waals surface area contributed by atoms with E-state index in [9.17, 15) is 4.79 Å². The molecule has 44 valence electrons. The zero-order chi connectivity index (χ0) is 6.24.